The maximum absolute atomic E-state index is 12.5. The predicted octanol–water partition coefficient (Wildman–Crippen LogP) is 4.31. The number of nitrogens with zero attached hydrogens (tertiary/aromatic N) is 2. The molecule has 2 aromatic carbocycles. The summed E-state index contributed by atoms with van der Waals surface area (Å²) in [5.41, 5.74) is 2.86. The van der Waals surface area contributed by atoms with Gasteiger partial charge in [-0.2, -0.15) is 5.26 Å². The standard InChI is InChI=1S/C21H16N4O2S/c1-14(26)23-18-9-5-6-15(11-18)10-17(12-22)20(27)25-21-24-19(13-28-21)16-7-3-2-4-8-16/h2-11,13H,1H3,(H,23,26)(H,24,25,27)/b17-10+. The van der Waals surface area contributed by atoms with Gasteiger partial charge in [0.1, 0.15) is 11.6 Å². The van der Waals surface area contributed by atoms with E-state index in [2.05, 4.69) is 15.6 Å². The molecule has 1 heterocycles. The summed E-state index contributed by atoms with van der Waals surface area (Å²) in [6.45, 7) is 1.41. The monoisotopic (exact) mass is 388 g/mol. The van der Waals surface area contributed by atoms with E-state index in [9.17, 15) is 14.9 Å². The molecule has 0 saturated heterocycles. The topological polar surface area (TPSA) is 94.9 Å². The van der Waals surface area contributed by atoms with E-state index in [4.69, 9.17) is 0 Å². The Bertz CT molecular complexity index is 1080. The Balaban J connectivity index is 1.76. The van der Waals surface area contributed by atoms with Gasteiger partial charge in [-0.3, -0.25) is 14.9 Å². The van der Waals surface area contributed by atoms with E-state index in [1.54, 1.807) is 24.3 Å². The van der Waals surface area contributed by atoms with Gasteiger partial charge in [0.25, 0.3) is 5.91 Å². The molecule has 3 rings (SSSR count). The van der Waals surface area contributed by atoms with Gasteiger partial charge in [-0.25, -0.2) is 4.98 Å². The van der Waals surface area contributed by atoms with Crippen molar-refractivity contribution in [1.29, 1.82) is 5.26 Å². The second-order valence-electron chi connectivity index (χ2n) is 5.83. The first-order valence-corrected chi connectivity index (χ1v) is 9.25. The van der Waals surface area contributed by atoms with Gasteiger partial charge in [-0.05, 0) is 23.8 Å². The van der Waals surface area contributed by atoms with Crippen LogP contribution in [0.15, 0.2) is 65.6 Å². The SMILES string of the molecule is CC(=O)Nc1cccc(/C=C(\C#N)C(=O)Nc2nc(-c3ccccc3)cs2)c1. The average Bonchev–Trinajstić information content (AvgIpc) is 3.15. The summed E-state index contributed by atoms with van der Waals surface area (Å²) in [4.78, 5) is 28.0. The fourth-order valence-electron chi connectivity index (χ4n) is 2.46. The van der Waals surface area contributed by atoms with E-state index >= 15 is 0 Å². The Morgan fingerprint density at radius 3 is 2.61 bits per heavy atom. The summed E-state index contributed by atoms with van der Waals surface area (Å²) in [6, 6.07) is 18.4. The third-order valence-corrected chi connectivity index (χ3v) is 4.43. The van der Waals surface area contributed by atoms with E-state index in [-0.39, 0.29) is 11.5 Å². The molecule has 6 nitrogen and oxygen atoms in total. The van der Waals surface area contributed by atoms with Crippen LogP contribution in [0.4, 0.5) is 10.8 Å². The summed E-state index contributed by atoms with van der Waals surface area (Å²) in [7, 11) is 0. The molecule has 0 bridgehead atoms. The van der Waals surface area contributed by atoms with Crippen LogP contribution < -0.4 is 10.6 Å². The second kappa shape index (κ2) is 8.75. The Hall–Kier alpha value is -3.76. The van der Waals surface area contributed by atoms with Gasteiger partial charge in [0.05, 0.1) is 5.69 Å². The molecule has 2 amide bonds. The number of carbonyl (C=O) groups is 2. The molecule has 1 aromatic heterocycles. The van der Waals surface area contributed by atoms with Crippen molar-refractivity contribution >= 4 is 40.0 Å². The van der Waals surface area contributed by atoms with Crippen LogP contribution in [0.25, 0.3) is 17.3 Å². The van der Waals surface area contributed by atoms with Crippen molar-refractivity contribution in [1.82, 2.24) is 4.98 Å². The quantitative estimate of drug-likeness (QED) is 0.503. The minimum Gasteiger partial charge on any atom is -0.326 e. The van der Waals surface area contributed by atoms with E-state index in [1.807, 2.05) is 41.8 Å². The number of amides is 2. The van der Waals surface area contributed by atoms with Crippen molar-refractivity contribution < 1.29 is 9.59 Å². The van der Waals surface area contributed by atoms with Crippen LogP contribution in [-0.4, -0.2) is 16.8 Å². The first-order valence-electron chi connectivity index (χ1n) is 8.37. The van der Waals surface area contributed by atoms with Crippen LogP contribution in [0, 0.1) is 11.3 Å². The molecule has 0 radical (unpaired) electrons. The highest BCUT2D eigenvalue weighted by Crippen LogP contribution is 2.25. The van der Waals surface area contributed by atoms with Crippen LogP contribution in [0.2, 0.25) is 0 Å². The maximum Gasteiger partial charge on any atom is 0.268 e. The molecule has 0 aliphatic carbocycles. The Labute approximate surface area is 166 Å². The number of aromatic nitrogens is 1. The lowest BCUT2D eigenvalue weighted by molar-refractivity contribution is -0.114. The fourth-order valence-corrected chi connectivity index (χ4v) is 3.18. The fraction of sp³-hybridized carbons (Fsp3) is 0.0476. The molecule has 3 aromatic rings. The number of carbonyl (C=O) groups excluding carboxylic acids is 2. The maximum atomic E-state index is 12.5. The van der Waals surface area contributed by atoms with Gasteiger partial charge in [0.2, 0.25) is 5.91 Å². The lowest BCUT2D eigenvalue weighted by atomic mass is 10.1. The molecule has 138 valence electrons. The molecule has 0 fully saturated rings. The van der Waals surface area contributed by atoms with Crippen LogP contribution in [0.3, 0.4) is 0 Å². The molecule has 0 atom stereocenters. The minimum absolute atomic E-state index is 0.0589. The molecular weight excluding hydrogens is 372 g/mol. The van der Waals surface area contributed by atoms with E-state index < -0.39 is 5.91 Å². The highest BCUT2D eigenvalue weighted by Gasteiger charge is 2.12. The summed E-state index contributed by atoms with van der Waals surface area (Å²) >= 11 is 1.29. The predicted molar refractivity (Wildman–Crippen MR) is 111 cm³/mol. The van der Waals surface area contributed by atoms with Gasteiger partial charge >= 0.3 is 0 Å². The lowest BCUT2D eigenvalue weighted by Crippen LogP contribution is -2.13. The van der Waals surface area contributed by atoms with Crippen molar-refractivity contribution in [2.75, 3.05) is 10.6 Å². The zero-order chi connectivity index (χ0) is 19.9. The van der Waals surface area contributed by atoms with Gasteiger partial charge in [-0.1, -0.05) is 42.5 Å². The molecule has 2 N–H and O–H groups in total. The number of nitrogens with one attached hydrogen (secondary N) is 2. The number of hydrogen-bond acceptors (Lipinski definition) is 5. The van der Waals surface area contributed by atoms with E-state index in [0.717, 1.165) is 11.3 Å². The highest BCUT2D eigenvalue weighted by molar-refractivity contribution is 7.14. The third kappa shape index (κ3) is 4.90. The van der Waals surface area contributed by atoms with Crippen molar-refractivity contribution in [2.45, 2.75) is 6.92 Å². The summed E-state index contributed by atoms with van der Waals surface area (Å²) in [6.07, 6.45) is 1.46. The van der Waals surface area contributed by atoms with Gasteiger partial charge in [0, 0.05) is 23.6 Å². The minimum atomic E-state index is -0.540. The Morgan fingerprint density at radius 2 is 1.89 bits per heavy atom. The zero-order valence-corrected chi connectivity index (χ0v) is 15.8. The van der Waals surface area contributed by atoms with Gasteiger partial charge in [-0.15, -0.1) is 11.3 Å². The van der Waals surface area contributed by atoms with E-state index in [0.29, 0.717) is 16.4 Å². The first kappa shape index (κ1) is 19.0. The van der Waals surface area contributed by atoms with Crippen LogP contribution in [0.1, 0.15) is 12.5 Å². The molecule has 0 unspecified atom stereocenters. The van der Waals surface area contributed by atoms with Gasteiger partial charge < -0.3 is 5.32 Å². The molecule has 0 aliphatic rings. The average molecular weight is 388 g/mol. The smallest absolute Gasteiger partial charge is 0.268 e. The Morgan fingerprint density at radius 1 is 1.11 bits per heavy atom. The van der Waals surface area contributed by atoms with Crippen molar-refractivity contribution in [3.63, 3.8) is 0 Å². The molecule has 0 aliphatic heterocycles. The van der Waals surface area contributed by atoms with Crippen molar-refractivity contribution in [3.8, 4) is 17.3 Å². The van der Waals surface area contributed by atoms with Crippen molar-refractivity contribution in [3.05, 3.63) is 71.1 Å². The molecule has 0 spiro atoms. The molecule has 0 saturated carbocycles. The number of nitriles is 1. The summed E-state index contributed by atoms with van der Waals surface area (Å²) in [5.74, 6) is -0.737. The third-order valence-electron chi connectivity index (χ3n) is 3.68. The summed E-state index contributed by atoms with van der Waals surface area (Å²) in [5, 5.41) is 16.9. The number of rotatable bonds is 5. The first-order chi connectivity index (χ1) is 13.5. The largest absolute Gasteiger partial charge is 0.326 e. The van der Waals surface area contributed by atoms with E-state index in [1.165, 1.54) is 24.3 Å². The molecular formula is C21H16N4O2S. The lowest BCUT2D eigenvalue weighted by Gasteiger charge is -2.04. The second-order valence-corrected chi connectivity index (χ2v) is 6.69. The zero-order valence-electron chi connectivity index (χ0n) is 15.0. The normalized spacial score (nSPS) is 10.8. The van der Waals surface area contributed by atoms with Crippen LogP contribution in [-0.2, 0) is 9.59 Å². The number of hydrogen-bond donors (Lipinski definition) is 2. The molecule has 7 heteroatoms. The Kier molecular flexibility index (Phi) is 5.94. The van der Waals surface area contributed by atoms with Crippen molar-refractivity contribution in [2.24, 2.45) is 0 Å². The highest BCUT2D eigenvalue weighted by atomic mass is 32.1. The summed E-state index contributed by atoms with van der Waals surface area (Å²) < 4.78 is 0. The van der Waals surface area contributed by atoms with Crippen LogP contribution in [0.5, 0.6) is 0 Å². The number of thiazole rings is 1. The van der Waals surface area contributed by atoms with Crippen LogP contribution >= 0.6 is 11.3 Å². The molecule has 28 heavy (non-hydrogen) atoms. The number of anilines is 2. The number of benzene rings is 2. The van der Waals surface area contributed by atoms with Gasteiger partial charge in [0.15, 0.2) is 5.13 Å².